The number of benzene rings is 2. The van der Waals surface area contributed by atoms with Crippen molar-refractivity contribution in [3.63, 3.8) is 0 Å². The summed E-state index contributed by atoms with van der Waals surface area (Å²) in [5, 5.41) is 17.3. The fourth-order valence-electron chi connectivity index (χ4n) is 5.28. The van der Waals surface area contributed by atoms with E-state index in [2.05, 4.69) is 30.4 Å². The molecule has 0 radical (unpaired) electrons. The van der Waals surface area contributed by atoms with Crippen LogP contribution in [0.15, 0.2) is 72.0 Å². The summed E-state index contributed by atoms with van der Waals surface area (Å²) in [6, 6.07) is 11.2. The van der Waals surface area contributed by atoms with E-state index in [-0.39, 0.29) is 10.8 Å². The van der Waals surface area contributed by atoms with Crippen LogP contribution < -0.4 is 4.31 Å². The first-order chi connectivity index (χ1) is 20.1. The summed E-state index contributed by atoms with van der Waals surface area (Å²) in [5.41, 5.74) is 3.14. The number of aromatic nitrogens is 6. The number of para-hydroxylation sites is 1. The quantitative estimate of drug-likeness (QED) is 0.232. The molecule has 5 heterocycles. The molecule has 1 aliphatic heterocycles. The number of sulfonamides is 1. The zero-order valence-electron chi connectivity index (χ0n) is 21.9. The number of nitrogens with one attached hydrogen (secondary N) is 2. The molecule has 1 atom stereocenters. The Morgan fingerprint density at radius 1 is 0.976 bits per heavy atom. The summed E-state index contributed by atoms with van der Waals surface area (Å²) < 4.78 is 67.2. The zero-order valence-corrected chi connectivity index (χ0v) is 23.6. The predicted octanol–water partition coefficient (Wildman–Crippen LogP) is 6.63. The van der Waals surface area contributed by atoms with E-state index in [0.29, 0.717) is 21.4 Å². The molecule has 0 saturated heterocycles. The standard InChI is InChI=1S/C18H15F3N4O2S2.C10H7N3/c1-9-23-15-14-13(8-22-24-14)16(10-2-3-10)25(17(15)28-9)29(26,27)12-6-4-11(5-7-12)18(19,20)21;1-2-4-9-8(3-1)10-7(5-11-9)6-12-13-10/h4-8,10,16H,2-3H2,1H3,(H,22,24);1-6H,(H,12,13). The minimum atomic E-state index is -4.53. The van der Waals surface area contributed by atoms with Gasteiger partial charge in [-0.25, -0.2) is 17.7 Å². The highest BCUT2D eigenvalue weighted by molar-refractivity contribution is 7.93. The van der Waals surface area contributed by atoms with Gasteiger partial charge in [-0.05, 0) is 56.0 Å². The number of pyridine rings is 1. The molecule has 2 aliphatic rings. The number of thiazole rings is 1. The molecule has 9 nitrogen and oxygen atoms in total. The van der Waals surface area contributed by atoms with Gasteiger partial charge >= 0.3 is 6.18 Å². The lowest BCUT2D eigenvalue weighted by Gasteiger charge is -2.35. The Kier molecular flexibility index (Phi) is 6.10. The van der Waals surface area contributed by atoms with Gasteiger partial charge in [-0.3, -0.25) is 15.2 Å². The van der Waals surface area contributed by atoms with E-state index in [0.717, 1.165) is 64.5 Å². The van der Waals surface area contributed by atoms with Crippen LogP contribution in [0.1, 0.15) is 35.0 Å². The van der Waals surface area contributed by atoms with Gasteiger partial charge in [0.2, 0.25) is 0 Å². The Bertz CT molecular complexity index is 2050. The van der Waals surface area contributed by atoms with Gasteiger partial charge in [0, 0.05) is 22.5 Å². The Morgan fingerprint density at radius 2 is 1.71 bits per heavy atom. The van der Waals surface area contributed by atoms with E-state index in [9.17, 15) is 21.6 Å². The average Bonchev–Trinajstić information content (AvgIpc) is 3.32. The molecule has 1 unspecified atom stereocenters. The molecule has 2 aromatic carbocycles. The van der Waals surface area contributed by atoms with Crippen molar-refractivity contribution in [2.45, 2.75) is 36.9 Å². The summed E-state index contributed by atoms with van der Waals surface area (Å²) in [4.78, 5) is 8.62. The Balaban J connectivity index is 0.000000183. The first-order valence-corrected chi connectivity index (χ1v) is 15.3. The van der Waals surface area contributed by atoms with E-state index in [1.807, 2.05) is 30.5 Å². The number of fused-ring (bicyclic) bond motifs is 6. The number of anilines is 1. The first-order valence-electron chi connectivity index (χ1n) is 13.0. The van der Waals surface area contributed by atoms with Crippen LogP contribution in [0.5, 0.6) is 0 Å². The minimum absolute atomic E-state index is 0.131. The van der Waals surface area contributed by atoms with Crippen LogP contribution in [0.3, 0.4) is 0 Å². The maximum atomic E-state index is 13.6. The largest absolute Gasteiger partial charge is 0.416 e. The number of hydrogen-bond donors (Lipinski definition) is 2. The lowest BCUT2D eigenvalue weighted by Crippen LogP contribution is -2.38. The van der Waals surface area contributed by atoms with Gasteiger partial charge in [0.05, 0.1) is 50.6 Å². The SMILES string of the molecule is Cc1nc2c(s1)N(S(=O)(=O)c1ccc(C(F)(F)F)cc1)C(C1CC1)c1cn[nH]c1-2.c1ccc2c(c1)ncc1cn[nH]c12. The van der Waals surface area contributed by atoms with Crippen LogP contribution in [0.2, 0.25) is 0 Å². The third-order valence-electron chi connectivity index (χ3n) is 7.38. The van der Waals surface area contributed by atoms with Crippen molar-refractivity contribution >= 4 is 48.2 Å². The second-order valence-electron chi connectivity index (χ2n) is 10.2. The Morgan fingerprint density at radius 3 is 2.45 bits per heavy atom. The molecule has 0 spiro atoms. The zero-order chi connectivity index (χ0) is 29.2. The van der Waals surface area contributed by atoms with Crippen molar-refractivity contribution in [3.05, 3.63) is 83.3 Å². The molecule has 214 valence electrons. The first kappa shape index (κ1) is 26.6. The van der Waals surface area contributed by atoms with E-state index in [4.69, 9.17) is 0 Å². The number of rotatable bonds is 3. The number of aromatic amines is 2. The van der Waals surface area contributed by atoms with Crippen LogP contribution in [-0.2, 0) is 16.2 Å². The normalized spacial score (nSPS) is 16.7. The fraction of sp³-hybridized carbons (Fsp3) is 0.214. The second-order valence-corrected chi connectivity index (χ2v) is 13.2. The molecule has 14 heteroatoms. The molecular formula is C28H22F3N7O2S2. The van der Waals surface area contributed by atoms with Gasteiger partial charge in [-0.2, -0.15) is 23.4 Å². The van der Waals surface area contributed by atoms with E-state index in [1.54, 1.807) is 19.3 Å². The smallest absolute Gasteiger partial charge is 0.277 e. The number of aryl methyl sites for hydroxylation is 1. The number of H-pyrrole nitrogens is 2. The topological polar surface area (TPSA) is 121 Å². The number of nitrogens with zero attached hydrogens (tertiary/aromatic N) is 5. The van der Waals surface area contributed by atoms with Crippen molar-refractivity contribution in [1.29, 1.82) is 0 Å². The van der Waals surface area contributed by atoms with Crippen molar-refractivity contribution in [2.24, 2.45) is 5.92 Å². The van der Waals surface area contributed by atoms with E-state index in [1.165, 1.54) is 15.6 Å². The van der Waals surface area contributed by atoms with Crippen molar-refractivity contribution in [1.82, 2.24) is 30.4 Å². The summed E-state index contributed by atoms with van der Waals surface area (Å²) >= 11 is 1.25. The molecule has 2 N–H and O–H groups in total. The Hall–Kier alpha value is -4.30. The summed E-state index contributed by atoms with van der Waals surface area (Å²) in [7, 11) is -4.10. The molecule has 8 rings (SSSR count). The Labute approximate surface area is 241 Å². The van der Waals surface area contributed by atoms with Gasteiger partial charge < -0.3 is 0 Å². The lowest BCUT2D eigenvalue weighted by molar-refractivity contribution is -0.137. The van der Waals surface area contributed by atoms with Crippen molar-refractivity contribution < 1.29 is 21.6 Å². The fourth-order valence-corrected chi connectivity index (χ4v) is 8.15. The van der Waals surface area contributed by atoms with Crippen molar-refractivity contribution in [3.8, 4) is 11.4 Å². The summed E-state index contributed by atoms with van der Waals surface area (Å²) in [6.45, 7) is 1.79. The van der Waals surface area contributed by atoms with Gasteiger partial charge in [0.25, 0.3) is 10.0 Å². The van der Waals surface area contributed by atoms with Gasteiger partial charge in [-0.1, -0.05) is 18.2 Å². The molecule has 6 aromatic rings. The van der Waals surface area contributed by atoms with Gasteiger partial charge in [0.1, 0.15) is 10.7 Å². The van der Waals surface area contributed by atoms with E-state index >= 15 is 0 Å². The molecular weight excluding hydrogens is 587 g/mol. The number of halogens is 3. The lowest BCUT2D eigenvalue weighted by atomic mass is 9.98. The highest BCUT2D eigenvalue weighted by Gasteiger charge is 2.48. The molecule has 1 aliphatic carbocycles. The van der Waals surface area contributed by atoms with Crippen LogP contribution in [0.4, 0.5) is 18.2 Å². The molecule has 1 saturated carbocycles. The van der Waals surface area contributed by atoms with Crippen LogP contribution >= 0.6 is 11.3 Å². The number of alkyl halides is 3. The third-order valence-corrected chi connectivity index (χ3v) is 10.3. The predicted molar refractivity (Wildman–Crippen MR) is 152 cm³/mol. The van der Waals surface area contributed by atoms with Crippen molar-refractivity contribution in [2.75, 3.05) is 4.31 Å². The second kappa shape index (κ2) is 9.63. The van der Waals surface area contributed by atoms with Gasteiger partial charge in [-0.15, -0.1) is 11.3 Å². The van der Waals surface area contributed by atoms with Gasteiger partial charge in [0.15, 0.2) is 0 Å². The number of hydrogen-bond acceptors (Lipinski definition) is 7. The van der Waals surface area contributed by atoms with E-state index < -0.39 is 27.8 Å². The minimum Gasteiger partial charge on any atom is -0.277 e. The highest BCUT2D eigenvalue weighted by atomic mass is 32.2. The summed E-state index contributed by atoms with van der Waals surface area (Å²) in [6.07, 6.45) is 2.46. The molecule has 0 amide bonds. The average molecular weight is 610 g/mol. The van der Waals surface area contributed by atoms with Crippen LogP contribution in [-0.4, -0.2) is 38.8 Å². The maximum absolute atomic E-state index is 13.6. The summed E-state index contributed by atoms with van der Waals surface area (Å²) in [5.74, 6) is 0.131. The molecule has 4 aromatic heterocycles. The molecule has 1 fully saturated rings. The highest BCUT2D eigenvalue weighted by Crippen LogP contribution is 2.56. The molecule has 42 heavy (non-hydrogen) atoms. The van der Waals surface area contributed by atoms with Crippen LogP contribution in [0, 0.1) is 12.8 Å². The molecule has 0 bridgehead atoms. The van der Waals surface area contributed by atoms with Crippen LogP contribution in [0.25, 0.3) is 33.2 Å². The monoisotopic (exact) mass is 609 g/mol. The maximum Gasteiger partial charge on any atom is 0.416 e. The third kappa shape index (κ3) is 4.41.